The molecule has 0 saturated heterocycles. The van der Waals surface area contributed by atoms with E-state index in [1.54, 1.807) is 12.3 Å². The molecule has 0 bridgehead atoms. The monoisotopic (exact) mass is 430 g/mol. The zero-order chi connectivity index (χ0) is 20.2. The Morgan fingerprint density at radius 1 is 1.31 bits per heavy atom. The standard InChI is InChI=1S/C17H15ClN8O2S/c1-2-7-28-17(27)23-15-19-6-5-12(21-15)14-25-26-16(29-14)22-11-4-3-10-9(13(11)18)8-20-24-10/h3-6,8H,2,7H2,1H3,(H,20,24)(H,22,26)(H,19,21,23,27). The summed E-state index contributed by atoms with van der Waals surface area (Å²) in [4.78, 5) is 20.0. The summed E-state index contributed by atoms with van der Waals surface area (Å²) in [5, 5.41) is 23.2. The number of nitrogens with one attached hydrogen (secondary N) is 3. The molecular formula is C17H15ClN8O2S. The number of aromatic amines is 1. The van der Waals surface area contributed by atoms with E-state index in [0.717, 1.165) is 17.3 Å². The minimum atomic E-state index is -0.604. The summed E-state index contributed by atoms with van der Waals surface area (Å²) >= 11 is 7.71. The maximum Gasteiger partial charge on any atom is 0.414 e. The van der Waals surface area contributed by atoms with Crippen LogP contribution in [0, 0.1) is 0 Å². The second-order valence-electron chi connectivity index (χ2n) is 5.82. The number of carbonyl (C=O) groups is 1. The van der Waals surface area contributed by atoms with Crippen molar-refractivity contribution in [3.63, 3.8) is 0 Å². The molecule has 12 heteroatoms. The van der Waals surface area contributed by atoms with Gasteiger partial charge in [-0.25, -0.2) is 14.8 Å². The molecule has 0 saturated carbocycles. The smallest absolute Gasteiger partial charge is 0.414 e. The lowest BCUT2D eigenvalue weighted by atomic mass is 10.2. The molecule has 10 nitrogen and oxygen atoms in total. The van der Waals surface area contributed by atoms with E-state index < -0.39 is 6.09 Å². The average molecular weight is 431 g/mol. The Kier molecular flexibility index (Phi) is 5.49. The van der Waals surface area contributed by atoms with Crippen LogP contribution in [0.4, 0.5) is 21.6 Å². The molecule has 0 radical (unpaired) electrons. The normalized spacial score (nSPS) is 10.8. The van der Waals surface area contributed by atoms with Gasteiger partial charge in [-0.05, 0) is 24.6 Å². The van der Waals surface area contributed by atoms with E-state index >= 15 is 0 Å². The van der Waals surface area contributed by atoms with Gasteiger partial charge < -0.3 is 10.1 Å². The first-order chi connectivity index (χ1) is 14.1. The number of halogens is 1. The van der Waals surface area contributed by atoms with Crippen LogP contribution in [0.2, 0.25) is 5.02 Å². The van der Waals surface area contributed by atoms with Crippen molar-refractivity contribution in [2.24, 2.45) is 0 Å². The number of amides is 1. The zero-order valence-corrected chi connectivity index (χ0v) is 16.7. The zero-order valence-electron chi connectivity index (χ0n) is 15.1. The van der Waals surface area contributed by atoms with Crippen LogP contribution in [0.5, 0.6) is 0 Å². The van der Waals surface area contributed by atoms with Gasteiger partial charge in [-0.3, -0.25) is 10.4 Å². The van der Waals surface area contributed by atoms with Crippen molar-refractivity contribution in [1.82, 2.24) is 30.4 Å². The van der Waals surface area contributed by atoms with Gasteiger partial charge in [0.1, 0.15) is 5.69 Å². The van der Waals surface area contributed by atoms with Gasteiger partial charge in [-0.1, -0.05) is 29.9 Å². The molecule has 0 aliphatic carbocycles. The third kappa shape index (κ3) is 4.25. The minimum Gasteiger partial charge on any atom is -0.449 e. The number of H-pyrrole nitrogens is 1. The third-order valence-corrected chi connectivity index (χ3v) is 5.02. The van der Waals surface area contributed by atoms with E-state index in [9.17, 15) is 4.79 Å². The van der Waals surface area contributed by atoms with Crippen LogP contribution in [0.15, 0.2) is 30.6 Å². The van der Waals surface area contributed by atoms with Crippen molar-refractivity contribution >= 4 is 56.7 Å². The van der Waals surface area contributed by atoms with Crippen molar-refractivity contribution in [3.8, 4) is 10.7 Å². The van der Waals surface area contributed by atoms with Crippen molar-refractivity contribution in [2.45, 2.75) is 13.3 Å². The van der Waals surface area contributed by atoms with E-state index in [2.05, 4.69) is 41.0 Å². The molecule has 148 valence electrons. The van der Waals surface area contributed by atoms with Crippen molar-refractivity contribution in [3.05, 3.63) is 35.6 Å². The van der Waals surface area contributed by atoms with E-state index in [1.807, 2.05) is 19.1 Å². The lowest BCUT2D eigenvalue weighted by Crippen LogP contribution is -2.16. The lowest BCUT2D eigenvalue weighted by molar-refractivity contribution is 0.161. The number of aromatic nitrogens is 6. The summed E-state index contributed by atoms with van der Waals surface area (Å²) in [5.41, 5.74) is 2.05. The van der Waals surface area contributed by atoms with Crippen LogP contribution in [0.3, 0.4) is 0 Å². The van der Waals surface area contributed by atoms with Crippen molar-refractivity contribution in [1.29, 1.82) is 0 Å². The number of rotatable bonds is 6. The fourth-order valence-corrected chi connectivity index (χ4v) is 3.42. The van der Waals surface area contributed by atoms with Gasteiger partial charge in [0, 0.05) is 11.6 Å². The average Bonchev–Trinajstić information content (AvgIpc) is 3.39. The number of ether oxygens (including phenoxy) is 1. The lowest BCUT2D eigenvalue weighted by Gasteiger charge is -2.05. The maximum absolute atomic E-state index is 11.7. The first-order valence-electron chi connectivity index (χ1n) is 8.63. The highest BCUT2D eigenvalue weighted by Gasteiger charge is 2.13. The highest BCUT2D eigenvalue weighted by Crippen LogP contribution is 2.34. The molecule has 3 aromatic heterocycles. The van der Waals surface area contributed by atoms with Crippen LogP contribution in [0.1, 0.15) is 13.3 Å². The quantitative estimate of drug-likeness (QED) is 0.414. The molecule has 0 aliphatic heterocycles. The summed E-state index contributed by atoms with van der Waals surface area (Å²) in [6, 6.07) is 5.38. The summed E-state index contributed by atoms with van der Waals surface area (Å²) in [7, 11) is 0. The fraction of sp³-hybridized carbons (Fsp3) is 0.176. The molecule has 1 aromatic carbocycles. The number of anilines is 3. The maximum atomic E-state index is 11.7. The van der Waals surface area contributed by atoms with Crippen LogP contribution in [-0.2, 0) is 4.74 Å². The van der Waals surface area contributed by atoms with E-state index in [4.69, 9.17) is 16.3 Å². The molecule has 0 unspecified atom stereocenters. The Labute approximate surface area is 173 Å². The van der Waals surface area contributed by atoms with Gasteiger partial charge in [0.25, 0.3) is 0 Å². The number of fused-ring (bicyclic) bond motifs is 1. The van der Waals surface area contributed by atoms with Gasteiger partial charge in [0.2, 0.25) is 11.1 Å². The molecule has 0 spiro atoms. The second kappa shape index (κ2) is 8.37. The fourth-order valence-electron chi connectivity index (χ4n) is 2.43. The molecule has 1 amide bonds. The van der Waals surface area contributed by atoms with Crippen LogP contribution in [0.25, 0.3) is 21.6 Å². The second-order valence-corrected chi connectivity index (χ2v) is 7.18. The van der Waals surface area contributed by atoms with Gasteiger partial charge in [0.15, 0.2) is 5.01 Å². The predicted molar refractivity (Wildman–Crippen MR) is 111 cm³/mol. The number of carbonyl (C=O) groups excluding carboxylic acids is 1. The summed E-state index contributed by atoms with van der Waals surface area (Å²) in [5.74, 6) is 0.127. The Bertz CT molecular complexity index is 1160. The molecule has 4 aromatic rings. The molecule has 3 heterocycles. The number of hydrogen-bond acceptors (Lipinski definition) is 9. The minimum absolute atomic E-state index is 0.127. The molecule has 29 heavy (non-hydrogen) atoms. The van der Waals surface area contributed by atoms with Crippen LogP contribution < -0.4 is 10.6 Å². The molecule has 0 fully saturated rings. The highest BCUT2D eigenvalue weighted by atomic mass is 35.5. The topological polar surface area (TPSA) is 131 Å². The van der Waals surface area contributed by atoms with E-state index in [-0.39, 0.29) is 5.95 Å². The van der Waals surface area contributed by atoms with E-state index in [0.29, 0.717) is 33.2 Å². The first-order valence-corrected chi connectivity index (χ1v) is 9.83. The number of hydrogen-bond donors (Lipinski definition) is 3. The van der Waals surface area contributed by atoms with Gasteiger partial charge in [0.05, 0.1) is 29.0 Å². The van der Waals surface area contributed by atoms with Crippen LogP contribution in [-0.4, -0.2) is 43.1 Å². The molecule has 4 rings (SSSR count). The third-order valence-electron chi connectivity index (χ3n) is 3.75. The van der Waals surface area contributed by atoms with Crippen molar-refractivity contribution in [2.75, 3.05) is 17.2 Å². The first kappa shape index (κ1) is 19.0. The number of nitrogens with zero attached hydrogens (tertiary/aromatic N) is 5. The summed E-state index contributed by atoms with van der Waals surface area (Å²) < 4.78 is 4.96. The Morgan fingerprint density at radius 2 is 2.21 bits per heavy atom. The van der Waals surface area contributed by atoms with Gasteiger partial charge >= 0.3 is 6.09 Å². The van der Waals surface area contributed by atoms with Gasteiger partial charge in [-0.15, -0.1) is 10.2 Å². The van der Waals surface area contributed by atoms with E-state index in [1.165, 1.54) is 17.5 Å². The molecule has 0 atom stereocenters. The van der Waals surface area contributed by atoms with Crippen LogP contribution >= 0.6 is 22.9 Å². The van der Waals surface area contributed by atoms with Gasteiger partial charge in [-0.2, -0.15) is 5.10 Å². The molecular weight excluding hydrogens is 416 g/mol. The Balaban J connectivity index is 1.50. The number of benzene rings is 1. The SMILES string of the molecule is CCCOC(=O)Nc1nccc(-c2nnc(Nc3ccc4[nH]ncc4c3Cl)s2)n1. The summed E-state index contributed by atoms with van der Waals surface area (Å²) in [6.07, 6.45) is 3.31. The molecule has 3 N–H and O–H groups in total. The Morgan fingerprint density at radius 3 is 3.07 bits per heavy atom. The highest BCUT2D eigenvalue weighted by molar-refractivity contribution is 7.18. The largest absolute Gasteiger partial charge is 0.449 e. The Hall–Kier alpha value is -3.31. The van der Waals surface area contributed by atoms with Crippen molar-refractivity contribution < 1.29 is 9.53 Å². The molecule has 0 aliphatic rings. The predicted octanol–water partition coefficient (Wildman–Crippen LogP) is 4.23. The summed E-state index contributed by atoms with van der Waals surface area (Å²) in [6.45, 7) is 2.23.